The third kappa shape index (κ3) is 3.27. The number of halogens is 2. The third-order valence-corrected chi connectivity index (χ3v) is 6.55. The molecule has 0 atom stereocenters. The van der Waals surface area contributed by atoms with Crippen molar-refractivity contribution < 1.29 is 18.8 Å². The molecule has 9 heteroatoms. The fourth-order valence-electron chi connectivity index (χ4n) is 2.93. The lowest BCUT2D eigenvalue weighted by Gasteiger charge is -2.14. The van der Waals surface area contributed by atoms with Gasteiger partial charge in [-0.25, -0.2) is 4.98 Å². The van der Waals surface area contributed by atoms with E-state index in [1.807, 2.05) is 18.4 Å². The van der Waals surface area contributed by atoms with Crippen molar-refractivity contribution in [3.8, 4) is 11.6 Å². The lowest BCUT2D eigenvalue weighted by Crippen LogP contribution is -2.07. The number of furan rings is 1. The molecule has 0 aliphatic rings. The van der Waals surface area contributed by atoms with E-state index >= 15 is 0 Å². The molecule has 3 rings (SSSR count). The van der Waals surface area contributed by atoms with E-state index in [4.69, 9.17) is 16.0 Å². The molecule has 0 amide bonds. The molecule has 0 bridgehead atoms. The quantitative estimate of drug-likeness (QED) is 0.546. The van der Waals surface area contributed by atoms with Gasteiger partial charge in [-0.15, -0.1) is 0 Å². The van der Waals surface area contributed by atoms with Gasteiger partial charge < -0.3 is 18.8 Å². The number of fused-ring (bicyclic) bond motifs is 1. The molecule has 3 aromatic rings. The van der Waals surface area contributed by atoms with Crippen LogP contribution in [-0.2, 0) is 11.1 Å². The van der Waals surface area contributed by atoms with Crippen LogP contribution in [0.25, 0.3) is 22.6 Å². The first-order chi connectivity index (χ1) is 12.0. The normalized spacial score (nSPS) is 12.5. The van der Waals surface area contributed by atoms with Gasteiger partial charge in [0.05, 0.1) is 15.0 Å². The Morgan fingerprint density at radius 2 is 1.96 bits per heavy atom. The largest absolute Gasteiger partial charge is 0.445 e. The highest BCUT2D eigenvalue weighted by Gasteiger charge is 2.26. The lowest BCUT2D eigenvalue weighted by atomic mass is 10.1. The van der Waals surface area contributed by atoms with Gasteiger partial charge >= 0.3 is 7.60 Å². The Labute approximate surface area is 164 Å². The maximum absolute atomic E-state index is 11.5. The molecule has 0 radical (unpaired) electrons. The number of rotatable bonds is 4. The van der Waals surface area contributed by atoms with Crippen molar-refractivity contribution in [1.29, 1.82) is 0 Å². The number of hydrogen-bond acceptors (Lipinski definition) is 3. The smallest absolute Gasteiger partial charge is 0.391 e. The summed E-state index contributed by atoms with van der Waals surface area (Å²) in [5.41, 5.74) is 3.22. The van der Waals surface area contributed by atoms with Crippen LogP contribution < -0.4 is 5.50 Å². The molecule has 140 valence electrons. The average Bonchev–Trinajstić information content (AvgIpc) is 3.15. The predicted octanol–water partition coefficient (Wildman–Crippen LogP) is 4.79. The summed E-state index contributed by atoms with van der Waals surface area (Å²) in [6, 6.07) is 2.82. The first-order valence-electron chi connectivity index (χ1n) is 8.03. The van der Waals surface area contributed by atoms with Gasteiger partial charge in [0.1, 0.15) is 5.52 Å². The highest BCUT2D eigenvalue weighted by atomic mass is 79.9. The molecule has 2 aromatic heterocycles. The Morgan fingerprint density at radius 3 is 2.50 bits per heavy atom. The Hall–Kier alpha value is -1.11. The van der Waals surface area contributed by atoms with Gasteiger partial charge in [-0.1, -0.05) is 25.4 Å². The van der Waals surface area contributed by atoms with Crippen molar-refractivity contribution in [3.05, 3.63) is 32.8 Å². The SMILES string of the molecule is Cc1c(Cl)c(Br)c2nc(-c3ccc(P(=O)(O)O)o3)n(CC(C)C)c2c1C. The summed E-state index contributed by atoms with van der Waals surface area (Å²) < 4.78 is 19.6. The van der Waals surface area contributed by atoms with Crippen LogP contribution in [0.1, 0.15) is 25.0 Å². The van der Waals surface area contributed by atoms with Gasteiger partial charge in [-0.05, 0) is 59.0 Å². The summed E-state index contributed by atoms with van der Waals surface area (Å²) in [5, 5.41) is 0.603. The number of hydrogen-bond donors (Lipinski definition) is 2. The maximum atomic E-state index is 11.5. The Kier molecular flexibility index (Phi) is 5.14. The lowest BCUT2D eigenvalue weighted by molar-refractivity contribution is 0.377. The fraction of sp³-hybridized carbons (Fsp3) is 0.353. The van der Waals surface area contributed by atoms with Crippen LogP contribution in [0.5, 0.6) is 0 Å². The molecule has 0 spiro atoms. The molecule has 26 heavy (non-hydrogen) atoms. The Balaban J connectivity index is 2.35. The van der Waals surface area contributed by atoms with Crippen LogP contribution in [0.3, 0.4) is 0 Å². The molecule has 0 aliphatic heterocycles. The second-order valence-corrected chi connectivity index (χ2v) is 9.40. The Bertz CT molecular complexity index is 1050. The van der Waals surface area contributed by atoms with Crippen LogP contribution in [0.15, 0.2) is 21.0 Å². The second-order valence-electron chi connectivity index (χ2n) is 6.70. The zero-order valence-corrected chi connectivity index (χ0v) is 18.0. The van der Waals surface area contributed by atoms with Crippen LogP contribution in [0.4, 0.5) is 0 Å². The van der Waals surface area contributed by atoms with Crippen molar-refractivity contribution in [3.63, 3.8) is 0 Å². The van der Waals surface area contributed by atoms with Gasteiger partial charge in [0.2, 0.25) is 5.50 Å². The van der Waals surface area contributed by atoms with Crippen molar-refractivity contribution in [2.24, 2.45) is 5.92 Å². The van der Waals surface area contributed by atoms with E-state index < -0.39 is 7.60 Å². The molecule has 2 N–H and O–H groups in total. The zero-order chi connectivity index (χ0) is 19.4. The summed E-state index contributed by atoms with van der Waals surface area (Å²) in [7, 11) is -4.46. The predicted molar refractivity (Wildman–Crippen MR) is 106 cm³/mol. The van der Waals surface area contributed by atoms with Crippen LogP contribution in [-0.4, -0.2) is 19.3 Å². The van der Waals surface area contributed by atoms with Gasteiger partial charge in [0.15, 0.2) is 11.6 Å². The van der Waals surface area contributed by atoms with Gasteiger partial charge in [0, 0.05) is 6.54 Å². The van der Waals surface area contributed by atoms with Gasteiger partial charge in [-0.3, -0.25) is 4.57 Å². The van der Waals surface area contributed by atoms with E-state index in [-0.39, 0.29) is 5.50 Å². The van der Waals surface area contributed by atoms with Gasteiger partial charge in [0.25, 0.3) is 0 Å². The molecular formula is C17H19BrClN2O4P. The summed E-state index contributed by atoms with van der Waals surface area (Å²) in [4.78, 5) is 23.3. The zero-order valence-electron chi connectivity index (χ0n) is 14.7. The number of imidazole rings is 1. The van der Waals surface area contributed by atoms with E-state index in [1.165, 1.54) is 12.1 Å². The topological polar surface area (TPSA) is 88.5 Å². The van der Waals surface area contributed by atoms with Crippen LogP contribution >= 0.6 is 35.1 Å². The molecule has 0 unspecified atom stereocenters. The highest BCUT2D eigenvalue weighted by molar-refractivity contribution is 9.10. The van der Waals surface area contributed by atoms with Crippen molar-refractivity contribution in [2.75, 3.05) is 0 Å². The molecule has 0 saturated heterocycles. The number of aryl methyl sites for hydroxylation is 1. The van der Waals surface area contributed by atoms with Crippen molar-refractivity contribution in [1.82, 2.24) is 9.55 Å². The fourth-order valence-corrected chi connectivity index (χ4v) is 4.22. The first-order valence-corrected chi connectivity index (χ1v) is 10.8. The molecule has 6 nitrogen and oxygen atoms in total. The second kappa shape index (κ2) is 6.80. The van der Waals surface area contributed by atoms with Gasteiger partial charge in [-0.2, -0.15) is 0 Å². The van der Waals surface area contributed by atoms with Crippen molar-refractivity contribution >= 4 is 51.7 Å². The van der Waals surface area contributed by atoms with E-state index in [0.717, 1.165) is 16.6 Å². The summed E-state index contributed by atoms with van der Waals surface area (Å²) >= 11 is 9.94. The molecule has 0 aliphatic carbocycles. The highest BCUT2D eigenvalue weighted by Crippen LogP contribution is 2.40. The van der Waals surface area contributed by atoms with E-state index in [1.54, 1.807) is 0 Å². The Morgan fingerprint density at radius 1 is 1.31 bits per heavy atom. The van der Waals surface area contributed by atoms with E-state index in [2.05, 4.69) is 34.8 Å². The number of aromatic nitrogens is 2. The van der Waals surface area contributed by atoms with E-state index in [0.29, 0.717) is 39.1 Å². The minimum atomic E-state index is -4.46. The minimum absolute atomic E-state index is 0.306. The standard InChI is InChI=1S/C17H19BrClN2O4P/c1-8(2)7-21-16-10(4)9(3)14(19)13(18)15(16)20-17(21)11-5-6-12(25-11)26(22,23)24/h5-6,8H,7H2,1-4H3,(H2,22,23,24). The molecular weight excluding hydrogens is 443 g/mol. The molecule has 2 heterocycles. The number of nitrogens with zero attached hydrogens (tertiary/aromatic N) is 2. The monoisotopic (exact) mass is 460 g/mol. The van der Waals surface area contributed by atoms with Crippen LogP contribution in [0, 0.1) is 19.8 Å². The third-order valence-electron chi connectivity index (χ3n) is 4.26. The average molecular weight is 462 g/mol. The number of benzene rings is 1. The van der Waals surface area contributed by atoms with E-state index in [9.17, 15) is 14.4 Å². The summed E-state index contributed by atoms with van der Waals surface area (Å²) in [5.74, 6) is 1.15. The van der Waals surface area contributed by atoms with Crippen LogP contribution in [0.2, 0.25) is 5.02 Å². The van der Waals surface area contributed by atoms with Crippen molar-refractivity contribution in [2.45, 2.75) is 34.2 Å². The molecule has 1 aromatic carbocycles. The minimum Gasteiger partial charge on any atom is -0.445 e. The summed E-state index contributed by atoms with van der Waals surface area (Å²) in [6.45, 7) is 8.79. The summed E-state index contributed by atoms with van der Waals surface area (Å²) in [6.07, 6.45) is 0. The first kappa shape index (κ1) is 19.6. The molecule has 0 fully saturated rings. The maximum Gasteiger partial charge on any atom is 0.391 e. The molecule has 0 saturated carbocycles.